The van der Waals surface area contributed by atoms with E-state index in [4.69, 9.17) is 9.47 Å². The molecule has 1 aromatic rings. The van der Waals surface area contributed by atoms with Gasteiger partial charge in [-0.2, -0.15) is 0 Å². The van der Waals surface area contributed by atoms with Crippen molar-refractivity contribution in [1.29, 1.82) is 0 Å². The summed E-state index contributed by atoms with van der Waals surface area (Å²) in [6.07, 6.45) is -0.243. The van der Waals surface area contributed by atoms with Crippen molar-refractivity contribution in [3.05, 3.63) is 35.9 Å². The van der Waals surface area contributed by atoms with Crippen LogP contribution in [0, 0.1) is 0 Å². The molecule has 0 radical (unpaired) electrons. The predicted molar refractivity (Wildman–Crippen MR) is 70.8 cm³/mol. The van der Waals surface area contributed by atoms with Gasteiger partial charge in [-0.15, -0.1) is 0 Å². The van der Waals surface area contributed by atoms with Crippen molar-refractivity contribution in [1.82, 2.24) is 4.90 Å². The molecule has 2 atom stereocenters. The maximum absolute atomic E-state index is 12.1. The van der Waals surface area contributed by atoms with Crippen LogP contribution in [-0.2, 0) is 15.1 Å². The molecular formula is C15H19NO3. The fourth-order valence-electron chi connectivity index (χ4n) is 2.70. The molecule has 1 amide bonds. The first-order valence-electron chi connectivity index (χ1n) is 6.61. The van der Waals surface area contributed by atoms with Gasteiger partial charge in [0.2, 0.25) is 0 Å². The molecule has 4 heteroatoms. The lowest BCUT2D eigenvalue weighted by Gasteiger charge is -2.63. The predicted octanol–water partition coefficient (Wildman–Crippen LogP) is 2.53. The number of hydrogen-bond donors (Lipinski definition) is 0. The highest BCUT2D eigenvalue weighted by atomic mass is 16.6. The molecule has 0 spiro atoms. The Morgan fingerprint density at radius 3 is 2.53 bits per heavy atom. The number of morpholine rings is 1. The summed E-state index contributed by atoms with van der Waals surface area (Å²) in [5, 5.41) is 0. The lowest BCUT2D eigenvalue weighted by Crippen LogP contribution is -2.78. The van der Waals surface area contributed by atoms with E-state index in [1.807, 2.05) is 39.0 Å². The first kappa shape index (κ1) is 12.5. The summed E-state index contributed by atoms with van der Waals surface area (Å²) in [5.41, 5.74) is 0.399. The molecule has 0 aromatic heterocycles. The van der Waals surface area contributed by atoms with E-state index < -0.39 is 5.60 Å². The molecule has 0 saturated carbocycles. The van der Waals surface area contributed by atoms with Crippen molar-refractivity contribution in [2.75, 3.05) is 13.2 Å². The van der Waals surface area contributed by atoms with Crippen LogP contribution in [0.25, 0.3) is 0 Å². The SMILES string of the molecule is CC(C)(C)OC(=O)N1C[C@@]2(c3ccccc3)OCC12. The van der Waals surface area contributed by atoms with Gasteiger partial charge in [-0.25, -0.2) is 4.79 Å². The summed E-state index contributed by atoms with van der Waals surface area (Å²) in [5.74, 6) is 0. The Bertz CT molecular complexity index is 494. The number of fused-ring (bicyclic) bond motifs is 1. The monoisotopic (exact) mass is 261 g/mol. The number of likely N-dealkylation sites (tertiary alicyclic amines) is 1. The minimum atomic E-state index is -0.452. The van der Waals surface area contributed by atoms with Crippen LogP contribution in [0.3, 0.4) is 0 Å². The van der Waals surface area contributed by atoms with Crippen molar-refractivity contribution in [3.8, 4) is 0 Å². The fraction of sp³-hybridized carbons (Fsp3) is 0.533. The topological polar surface area (TPSA) is 38.8 Å². The molecule has 4 nitrogen and oxygen atoms in total. The Morgan fingerprint density at radius 2 is 2.05 bits per heavy atom. The Kier molecular flexibility index (Phi) is 2.61. The third kappa shape index (κ3) is 1.91. The lowest BCUT2D eigenvalue weighted by molar-refractivity contribution is -0.289. The number of rotatable bonds is 1. The molecule has 1 unspecified atom stereocenters. The highest BCUT2D eigenvalue weighted by Gasteiger charge is 2.64. The molecule has 2 fully saturated rings. The van der Waals surface area contributed by atoms with Crippen molar-refractivity contribution >= 4 is 6.09 Å². The van der Waals surface area contributed by atoms with Crippen LogP contribution in [0.5, 0.6) is 0 Å². The molecule has 2 aliphatic rings. The second kappa shape index (κ2) is 3.97. The van der Waals surface area contributed by atoms with Gasteiger partial charge < -0.3 is 9.47 Å². The Balaban J connectivity index is 1.71. The summed E-state index contributed by atoms with van der Waals surface area (Å²) in [4.78, 5) is 13.8. The third-order valence-corrected chi connectivity index (χ3v) is 3.71. The normalized spacial score (nSPS) is 29.0. The minimum absolute atomic E-state index is 0.116. The first-order valence-corrected chi connectivity index (χ1v) is 6.61. The van der Waals surface area contributed by atoms with E-state index in [0.717, 1.165) is 5.56 Å². The number of hydrogen-bond acceptors (Lipinski definition) is 3. The van der Waals surface area contributed by atoms with E-state index in [2.05, 4.69) is 12.1 Å². The number of amides is 1. The molecule has 0 bridgehead atoms. The number of benzene rings is 1. The average molecular weight is 261 g/mol. The van der Waals surface area contributed by atoms with Gasteiger partial charge in [0.25, 0.3) is 0 Å². The van der Waals surface area contributed by atoms with E-state index in [1.165, 1.54) is 0 Å². The number of ether oxygens (including phenoxy) is 2. The Labute approximate surface area is 113 Å². The second-order valence-electron chi connectivity index (χ2n) is 6.19. The Morgan fingerprint density at radius 1 is 1.37 bits per heavy atom. The number of nitrogens with zero attached hydrogens (tertiary/aromatic N) is 1. The van der Waals surface area contributed by atoms with E-state index in [9.17, 15) is 4.79 Å². The second-order valence-corrected chi connectivity index (χ2v) is 6.19. The quantitative estimate of drug-likeness (QED) is 0.779. The number of carbonyl (C=O) groups is 1. The van der Waals surface area contributed by atoms with Crippen LogP contribution in [0.2, 0.25) is 0 Å². The summed E-state index contributed by atoms with van der Waals surface area (Å²) < 4.78 is 11.2. The summed E-state index contributed by atoms with van der Waals surface area (Å²) >= 11 is 0. The highest BCUT2D eigenvalue weighted by Crippen LogP contribution is 2.49. The van der Waals surface area contributed by atoms with Crippen LogP contribution in [-0.4, -0.2) is 35.8 Å². The third-order valence-electron chi connectivity index (χ3n) is 3.71. The number of carbonyl (C=O) groups excluding carboxylic acids is 1. The van der Waals surface area contributed by atoms with Gasteiger partial charge in [0.15, 0.2) is 0 Å². The highest BCUT2D eigenvalue weighted by molar-refractivity contribution is 5.71. The molecule has 2 heterocycles. The van der Waals surface area contributed by atoms with Crippen molar-refractivity contribution in [2.24, 2.45) is 0 Å². The zero-order valence-electron chi connectivity index (χ0n) is 11.6. The first-order chi connectivity index (χ1) is 8.92. The van der Waals surface area contributed by atoms with Crippen LogP contribution >= 0.6 is 0 Å². The molecule has 0 N–H and O–H groups in total. The average Bonchev–Trinajstić information content (AvgIpc) is 2.31. The van der Waals surface area contributed by atoms with E-state index in [0.29, 0.717) is 13.2 Å². The zero-order valence-corrected chi connectivity index (χ0v) is 11.6. The molecule has 2 aliphatic heterocycles. The van der Waals surface area contributed by atoms with Gasteiger partial charge in [-0.1, -0.05) is 30.3 Å². The summed E-state index contributed by atoms with van der Waals surface area (Å²) in [7, 11) is 0. The minimum Gasteiger partial charge on any atom is -0.444 e. The molecule has 19 heavy (non-hydrogen) atoms. The summed E-state index contributed by atoms with van der Waals surface area (Å²) in [6.45, 7) is 6.82. The fourth-order valence-corrected chi connectivity index (χ4v) is 2.70. The van der Waals surface area contributed by atoms with Crippen molar-refractivity contribution in [2.45, 2.75) is 38.0 Å². The molecular weight excluding hydrogens is 242 g/mol. The van der Waals surface area contributed by atoms with E-state index >= 15 is 0 Å². The van der Waals surface area contributed by atoms with Crippen molar-refractivity contribution < 1.29 is 14.3 Å². The standard InChI is InChI=1S/C15H19NO3/c1-14(2,3)19-13(17)16-10-15(12(16)9-18-15)11-7-5-4-6-8-11/h4-8,12H,9-10H2,1-3H3/t12?,15-/m0/s1. The zero-order chi connectivity index (χ0) is 13.7. The molecule has 102 valence electrons. The van der Waals surface area contributed by atoms with Gasteiger partial charge in [-0.05, 0) is 26.3 Å². The molecule has 0 aliphatic carbocycles. The van der Waals surface area contributed by atoms with E-state index in [1.54, 1.807) is 4.90 Å². The van der Waals surface area contributed by atoms with Crippen LogP contribution < -0.4 is 0 Å². The van der Waals surface area contributed by atoms with Crippen LogP contribution in [0.4, 0.5) is 4.79 Å². The smallest absolute Gasteiger partial charge is 0.410 e. The molecule has 1 aromatic carbocycles. The van der Waals surface area contributed by atoms with E-state index in [-0.39, 0.29) is 17.7 Å². The van der Waals surface area contributed by atoms with Crippen molar-refractivity contribution in [3.63, 3.8) is 0 Å². The van der Waals surface area contributed by atoms with Gasteiger partial charge in [-0.3, -0.25) is 4.90 Å². The maximum atomic E-state index is 12.1. The van der Waals surface area contributed by atoms with Crippen LogP contribution in [0.15, 0.2) is 30.3 Å². The largest absolute Gasteiger partial charge is 0.444 e. The van der Waals surface area contributed by atoms with Gasteiger partial charge >= 0.3 is 6.09 Å². The lowest BCUT2D eigenvalue weighted by atomic mass is 9.74. The Hall–Kier alpha value is -1.55. The molecule has 3 rings (SSSR count). The van der Waals surface area contributed by atoms with Crippen LogP contribution in [0.1, 0.15) is 26.3 Å². The molecule has 2 saturated heterocycles. The van der Waals surface area contributed by atoms with Gasteiger partial charge in [0.1, 0.15) is 11.2 Å². The maximum Gasteiger partial charge on any atom is 0.410 e. The summed E-state index contributed by atoms with van der Waals surface area (Å²) in [6, 6.07) is 10.2. The van der Waals surface area contributed by atoms with Gasteiger partial charge in [0, 0.05) is 0 Å². The van der Waals surface area contributed by atoms with Gasteiger partial charge in [0.05, 0.1) is 19.2 Å².